The van der Waals surface area contributed by atoms with Crippen molar-refractivity contribution < 1.29 is 9.53 Å². The van der Waals surface area contributed by atoms with E-state index in [4.69, 9.17) is 4.74 Å². The van der Waals surface area contributed by atoms with Crippen LogP contribution in [0.3, 0.4) is 0 Å². The molecule has 0 aliphatic heterocycles. The number of carbonyl (C=O) groups excluding carboxylic acids is 1. The lowest BCUT2D eigenvalue weighted by molar-refractivity contribution is -0.139. The van der Waals surface area contributed by atoms with Crippen LogP contribution >= 0.6 is 0 Å². The van der Waals surface area contributed by atoms with Crippen LogP contribution in [0.4, 0.5) is 0 Å². The van der Waals surface area contributed by atoms with Crippen molar-refractivity contribution in [2.45, 2.75) is 6.61 Å². The van der Waals surface area contributed by atoms with Crippen molar-refractivity contribution in [3.63, 3.8) is 0 Å². The van der Waals surface area contributed by atoms with Gasteiger partial charge in [0.15, 0.2) is 0 Å². The topological polar surface area (TPSA) is 26.3 Å². The third-order valence-corrected chi connectivity index (χ3v) is 1.50. The quantitative estimate of drug-likeness (QED) is 0.519. The first-order chi connectivity index (χ1) is 6.20. The Morgan fingerprint density at radius 3 is 2.46 bits per heavy atom. The largest absolute Gasteiger partial charge is 0.457 e. The lowest BCUT2D eigenvalue weighted by atomic mass is 10.2. The van der Waals surface area contributed by atoms with Gasteiger partial charge in [-0.15, -0.1) is 0 Å². The van der Waals surface area contributed by atoms with E-state index in [-0.39, 0.29) is 12.2 Å². The molecule has 2 heteroatoms. The highest BCUT2D eigenvalue weighted by atomic mass is 16.5. The van der Waals surface area contributed by atoms with Crippen molar-refractivity contribution in [1.82, 2.24) is 0 Å². The van der Waals surface area contributed by atoms with Crippen LogP contribution in [0.15, 0.2) is 42.5 Å². The number of esters is 1. The number of rotatable bonds is 3. The lowest BCUT2D eigenvalue weighted by Gasteiger charge is -2.03. The lowest BCUT2D eigenvalue weighted by Crippen LogP contribution is -2.04. The minimum atomic E-state index is -0.455. The van der Waals surface area contributed by atoms with E-state index in [1.165, 1.54) is 0 Å². The number of benzene rings is 1. The highest BCUT2D eigenvalue weighted by Gasteiger charge is 2.02. The zero-order chi connectivity index (χ0) is 9.68. The molecular weight excluding hydrogens is 164 g/mol. The molecule has 0 N–H and O–H groups in total. The Bertz CT molecular complexity index is 301. The molecule has 1 radical (unpaired) electrons. The van der Waals surface area contributed by atoms with Crippen molar-refractivity contribution >= 4 is 5.97 Å². The maximum Gasteiger partial charge on any atom is 0.333 e. The molecule has 1 aromatic carbocycles. The fourth-order valence-corrected chi connectivity index (χ4v) is 0.825. The molecule has 0 unspecified atom stereocenters. The highest BCUT2D eigenvalue weighted by molar-refractivity contribution is 5.88. The molecule has 0 aliphatic carbocycles. The van der Waals surface area contributed by atoms with Crippen molar-refractivity contribution in [2.75, 3.05) is 0 Å². The van der Waals surface area contributed by atoms with Gasteiger partial charge in [-0.2, -0.15) is 0 Å². The van der Waals surface area contributed by atoms with Gasteiger partial charge < -0.3 is 4.74 Å². The fraction of sp³-hybridized carbons (Fsp3) is 0.0909. The van der Waals surface area contributed by atoms with Crippen LogP contribution in [0.25, 0.3) is 0 Å². The zero-order valence-electron chi connectivity index (χ0n) is 7.32. The molecule has 0 spiro atoms. The Morgan fingerprint density at radius 2 is 1.92 bits per heavy atom. The summed E-state index contributed by atoms with van der Waals surface area (Å²) >= 11 is 0. The van der Waals surface area contributed by atoms with Crippen LogP contribution in [-0.2, 0) is 16.1 Å². The first kappa shape index (κ1) is 9.52. The van der Waals surface area contributed by atoms with Gasteiger partial charge in [0.2, 0.25) is 0 Å². The van der Waals surface area contributed by atoms with Crippen LogP contribution in [0.1, 0.15) is 5.56 Å². The molecule has 0 aromatic heterocycles. The third-order valence-electron chi connectivity index (χ3n) is 1.50. The molecule has 0 atom stereocenters. The number of ether oxygens (including phenoxy) is 1. The Hall–Kier alpha value is -1.57. The summed E-state index contributed by atoms with van der Waals surface area (Å²) < 4.78 is 4.89. The third kappa shape index (κ3) is 3.11. The molecule has 0 saturated heterocycles. The Morgan fingerprint density at radius 1 is 1.31 bits per heavy atom. The summed E-state index contributed by atoms with van der Waals surface area (Å²) in [6, 6.07) is 9.47. The highest BCUT2D eigenvalue weighted by Crippen LogP contribution is 2.02. The average Bonchev–Trinajstić information content (AvgIpc) is 2.15. The minimum Gasteiger partial charge on any atom is -0.457 e. The summed E-state index contributed by atoms with van der Waals surface area (Å²) in [5, 5.41) is 0. The monoisotopic (exact) mass is 175 g/mol. The van der Waals surface area contributed by atoms with Gasteiger partial charge in [0.05, 0.1) is 0 Å². The molecule has 67 valence electrons. The molecule has 0 bridgehead atoms. The van der Waals surface area contributed by atoms with E-state index in [9.17, 15) is 4.79 Å². The summed E-state index contributed by atoms with van der Waals surface area (Å²) in [5.41, 5.74) is 1.13. The van der Waals surface area contributed by atoms with Gasteiger partial charge in [-0.1, -0.05) is 36.9 Å². The van der Waals surface area contributed by atoms with Crippen molar-refractivity contribution in [2.24, 2.45) is 0 Å². The van der Waals surface area contributed by atoms with Crippen LogP contribution in [-0.4, -0.2) is 5.97 Å². The second kappa shape index (κ2) is 4.45. The molecule has 0 heterocycles. The van der Waals surface area contributed by atoms with Gasteiger partial charge in [-0.3, -0.25) is 0 Å². The maximum absolute atomic E-state index is 10.9. The first-order valence-electron chi connectivity index (χ1n) is 3.92. The fourth-order valence-electron chi connectivity index (χ4n) is 0.825. The first-order valence-corrected chi connectivity index (χ1v) is 3.92. The maximum atomic E-state index is 10.9. The molecule has 0 fully saturated rings. The van der Waals surface area contributed by atoms with E-state index in [1.807, 2.05) is 30.3 Å². The Labute approximate surface area is 77.8 Å². The van der Waals surface area contributed by atoms with E-state index < -0.39 is 5.97 Å². The van der Waals surface area contributed by atoms with Crippen molar-refractivity contribution in [1.29, 1.82) is 0 Å². The standard InChI is InChI=1S/C11H11O2/c1-9(2)11(12)13-8-10-6-4-3-5-7-10/h3-7H,1-2,8H2. The van der Waals surface area contributed by atoms with Gasteiger partial charge >= 0.3 is 5.97 Å². The van der Waals surface area contributed by atoms with Crippen LogP contribution < -0.4 is 0 Å². The molecule has 0 saturated carbocycles. The second-order valence-electron chi connectivity index (χ2n) is 2.67. The number of hydrogen-bond donors (Lipinski definition) is 0. The number of hydrogen-bond acceptors (Lipinski definition) is 2. The summed E-state index contributed by atoms with van der Waals surface area (Å²) in [5.74, 6) is -0.455. The molecule has 0 aliphatic rings. The minimum absolute atomic E-state index is 0.177. The summed E-state index contributed by atoms with van der Waals surface area (Å²) in [4.78, 5) is 10.9. The van der Waals surface area contributed by atoms with Crippen LogP contribution in [0, 0.1) is 6.92 Å². The number of carbonyl (C=O) groups is 1. The van der Waals surface area contributed by atoms with Crippen LogP contribution in [0.2, 0.25) is 0 Å². The Balaban J connectivity index is 2.44. The molecule has 13 heavy (non-hydrogen) atoms. The summed E-state index contributed by atoms with van der Waals surface area (Å²) in [7, 11) is 0. The smallest absolute Gasteiger partial charge is 0.333 e. The average molecular weight is 175 g/mol. The van der Waals surface area contributed by atoms with E-state index in [2.05, 4.69) is 13.5 Å². The SMILES string of the molecule is [CH2]C(=C)C(=O)OCc1ccccc1. The molecule has 1 aromatic rings. The van der Waals surface area contributed by atoms with E-state index in [0.717, 1.165) is 5.56 Å². The van der Waals surface area contributed by atoms with E-state index in [0.29, 0.717) is 0 Å². The summed E-state index contributed by atoms with van der Waals surface area (Å²) in [6.45, 7) is 7.04. The van der Waals surface area contributed by atoms with Crippen molar-refractivity contribution in [3.8, 4) is 0 Å². The van der Waals surface area contributed by atoms with Gasteiger partial charge in [0.1, 0.15) is 6.61 Å². The van der Waals surface area contributed by atoms with Gasteiger partial charge in [-0.25, -0.2) is 4.79 Å². The zero-order valence-corrected chi connectivity index (χ0v) is 7.32. The van der Waals surface area contributed by atoms with Gasteiger partial charge in [0, 0.05) is 5.57 Å². The molecule has 2 nitrogen and oxygen atoms in total. The van der Waals surface area contributed by atoms with E-state index in [1.54, 1.807) is 0 Å². The normalized spacial score (nSPS) is 9.31. The molecular formula is C11H11O2. The Kier molecular flexibility index (Phi) is 3.26. The molecule has 1 rings (SSSR count). The molecule has 0 amide bonds. The van der Waals surface area contributed by atoms with E-state index >= 15 is 0 Å². The summed E-state index contributed by atoms with van der Waals surface area (Å²) in [6.07, 6.45) is 0. The second-order valence-corrected chi connectivity index (χ2v) is 2.67. The predicted molar refractivity (Wildman–Crippen MR) is 50.7 cm³/mol. The van der Waals surface area contributed by atoms with Crippen LogP contribution in [0.5, 0.6) is 0 Å². The van der Waals surface area contributed by atoms with Gasteiger partial charge in [-0.05, 0) is 12.5 Å². The predicted octanol–water partition coefficient (Wildman–Crippen LogP) is 2.12. The van der Waals surface area contributed by atoms with Crippen molar-refractivity contribution in [3.05, 3.63) is 55.0 Å². The van der Waals surface area contributed by atoms with Gasteiger partial charge in [0.25, 0.3) is 0 Å².